The lowest BCUT2D eigenvalue weighted by Gasteiger charge is -2.32. The highest BCUT2D eigenvalue weighted by Crippen LogP contribution is 2.27. The van der Waals surface area contributed by atoms with E-state index in [0.29, 0.717) is 30.3 Å². The van der Waals surface area contributed by atoms with Gasteiger partial charge in [0.15, 0.2) is 0 Å². The molecule has 3 heterocycles. The van der Waals surface area contributed by atoms with Gasteiger partial charge in [-0.25, -0.2) is 9.97 Å². The summed E-state index contributed by atoms with van der Waals surface area (Å²) in [5, 5.41) is 0. The van der Waals surface area contributed by atoms with Crippen molar-refractivity contribution in [3.05, 3.63) is 53.1 Å². The molecule has 0 radical (unpaired) electrons. The number of ether oxygens (including phenoxy) is 1. The smallest absolute Gasteiger partial charge is 0.254 e. The number of nitrogens with zero attached hydrogens (tertiary/aromatic N) is 4. The summed E-state index contributed by atoms with van der Waals surface area (Å²) in [7, 11) is 1.60. The van der Waals surface area contributed by atoms with Gasteiger partial charge in [0.05, 0.1) is 12.8 Å². The molecule has 2 amide bonds. The first kappa shape index (κ1) is 19.4. The van der Waals surface area contributed by atoms with Crippen molar-refractivity contribution in [3.63, 3.8) is 0 Å². The fourth-order valence-electron chi connectivity index (χ4n) is 4.09. The summed E-state index contributed by atoms with van der Waals surface area (Å²) in [5.74, 6) is 1.98. The molecule has 1 aromatic heterocycles. The lowest BCUT2D eigenvalue weighted by Crippen LogP contribution is -2.38. The van der Waals surface area contributed by atoms with Crippen LogP contribution < -0.4 is 4.74 Å². The predicted octanol–water partition coefficient (Wildman–Crippen LogP) is 2.41. The highest BCUT2D eigenvalue weighted by atomic mass is 16.5. The second-order valence-corrected chi connectivity index (χ2v) is 7.69. The van der Waals surface area contributed by atoms with Crippen LogP contribution in [0.25, 0.3) is 0 Å². The minimum absolute atomic E-state index is 0.00442. The van der Waals surface area contributed by atoms with Gasteiger partial charge >= 0.3 is 0 Å². The third kappa shape index (κ3) is 4.09. The molecule has 0 atom stereocenters. The van der Waals surface area contributed by atoms with Gasteiger partial charge in [0.2, 0.25) is 5.91 Å². The summed E-state index contributed by atoms with van der Waals surface area (Å²) in [5.41, 5.74) is 2.68. The third-order valence-electron chi connectivity index (χ3n) is 5.86. The number of piperidine rings is 1. The molecule has 0 spiro atoms. The van der Waals surface area contributed by atoms with E-state index in [1.165, 1.54) is 0 Å². The number of hydrogen-bond acceptors (Lipinski definition) is 5. The van der Waals surface area contributed by atoms with Crippen molar-refractivity contribution >= 4 is 11.8 Å². The first-order chi connectivity index (χ1) is 14.0. The number of benzene rings is 1. The second kappa shape index (κ2) is 8.19. The molecule has 2 aliphatic heterocycles. The molecule has 0 saturated carbocycles. The van der Waals surface area contributed by atoms with Crippen LogP contribution in [-0.2, 0) is 17.8 Å². The highest BCUT2D eigenvalue weighted by Gasteiger charge is 2.27. The molecule has 0 unspecified atom stereocenters. The lowest BCUT2D eigenvalue weighted by molar-refractivity contribution is -0.129. The topological polar surface area (TPSA) is 75.6 Å². The van der Waals surface area contributed by atoms with E-state index >= 15 is 0 Å². The normalized spacial score (nSPS) is 17.0. The number of carbonyl (C=O) groups excluding carboxylic acids is 2. The molecule has 1 fully saturated rings. The second-order valence-electron chi connectivity index (χ2n) is 7.69. The molecule has 2 aromatic rings. The molecular formula is C22H26N4O3. The fraction of sp³-hybridized carbons (Fsp3) is 0.455. The van der Waals surface area contributed by atoms with Gasteiger partial charge in [0, 0.05) is 62.8 Å². The highest BCUT2D eigenvalue weighted by molar-refractivity contribution is 5.94. The molecule has 29 heavy (non-hydrogen) atoms. The lowest BCUT2D eigenvalue weighted by atomic mass is 9.95. The SMILES string of the molecule is COc1cccc(C(=O)N2CCc3nc(C4CCN(C(C)=O)CC4)ncc3C2)c1. The molecule has 152 valence electrons. The molecule has 1 aromatic carbocycles. The Morgan fingerprint density at radius 1 is 1.14 bits per heavy atom. The zero-order valence-corrected chi connectivity index (χ0v) is 16.9. The Hall–Kier alpha value is -2.96. The zero-order chi connectivity index (χ0) is 20.4. The van der Waals surface area contributed by atoms with Crippen molar-refractivity contribution in [1.82, 2.24) is 19.8 Å². The van der Waals surface area contributed by atoms with Crippen LogP contribution in [0.1, 0.15) is 53.1 Å². The van der Waals surface area contributed by atoms with Crippen LogP contribution in [0.3, 0.4) is 0 Å². The van der Waals surface area contributed by atoms with E-state index in [1.54, 1.807) is 20.1 Å². The minimum atomic E-state index is -0.00442. The zero-order valence-electron chi connectivity index (χ0n) is 16.9. The van der Waals surface area contributed by atoms with Crippen LogP contribution >= 0.6 is 0 Å². The van der Waals surface area contributed by atoms with Crippen LogP contribution in [0.4, 0.5) is 0 Å². The van der Waals surface area contributed by atoms with Gasteiger partial charge in [-0.15, -0.1) is 0 Å². The summed E-state index contributed by atoms with van der Waals surface area (Å²) in [6, 6.07) is 7.24. The molecule has 0 aliphatic carbocycles. The van der Waals surface area contributed by atoms with Gasteiger partial charge in [-0.1, -0.05) is 6.07 Å². The Morgan fingerprint density at radius 2 is 1.93 bits per heavy atom. The van der Waals surface area contributed by atoms with E-state index < -0.39 is 0 Å². The van der Waals surface area contributed by atoms with Crippen molar-refractivity contribution in [2.75, 3.05) is 26.7 Å². The Balaban J connectivity index is 1.44. The van der Waals surface area contributed by atoms with E-state index in [-0.39, 0.29) is 11.8 Å². The largest absolute Gasteiger partial charge is 0.497 e. The van der Waals surface area contributed by atoms with E-state index in [4.69, 9.17) is 9.72 Å². The number of fused-ring (bicyclic) bond motifs is 1. The maximum absolute atomic E-state index is 12.9. The fourth-order valence-corrected chi connectivity index (χ4v) is 4.09. The summed E-state index contributed by atoms with van der Waals surface area (Å²) < 4.78 is 5.23. The van der Waals surface area contributed by atoms with Crippen LogP contribution in [0.5, 0.6) is 5.75 Å². The first-order valence-electron chi connectivity index (χ1n) is 10.1. The molecule has 7 heteroatoms. The molecule has 2 aliphatic rings. The monoisotopic (exact) mass is 394 g/mol. The van der Waals surface area contributed by atoms with Crippen LogP contribution in [0.15, 0.2) is 30.5 Å². The van der Waals surface area contributed by atoms with Gasteiger partial charge in [-0.3, -0.25) is 9.59 Å². The Kier molecular flexibility index (Phi) is 5.47. The van der Waals surface area contributed by atoms with Crippen molar-refractivity contribution in [2.45, 2.75) is 38.6 Å². The van der Waals surface area contributed by atoms with Gasteiger partial charge in [0.1, 0.15) is 11.6 Å². The summed E-state index contributed by atoms with van der Waals surface area (Å²) >= 11 is 0. The number of aromatic nitrogens is 2. The Bertz CT molecular complexity index is 922. The molecular weight excluding hydrogens is 368 g/mol. The first-order valence-corrected chi connectivity index (χ1v) is 10.1. The standard InChI is InChI=1S/C22H26N4O3/c1-15(27)25-9-6-16(7-10-25)21-23-13-18-14-26(11-8-20(18)24-21)22(28)17-4-3-5-19(12-17)29-2/h3-5,12-13,16H,6-11,14H2,1-2H3. The summed E-state index contributed by atoms with van der Waals surface area (Å²) in [6.07, 6.45) is 4.41. The van der Waals surface area contributed by atoms with Crippen molar-refractivity contribution < 1.29 is 14.3 Å². The van der Waals surface area contributed by atoms with Gasteiger partial charge in [0.25, 0.3) is 5.91 Å². The van der Waals surface area contributed by atoms with Crippen molar-refractivity contribution in [2.24, 2.45) is 0 Å². The molecule has 7 nitrogen and oxygen atoms in total. The average molecular weight is 394 g/mol. The van der Waals surface area contributed by atoms with E-state index in [1.807, 2.05) is 34.2 Å². The maximum atomic E-state index is 12.9. The molecule has 4 rings (SSSR count). The van der Waals surface area contributed by atoms with Crippen molar-refractivity contribution in [3.8, 4) is 5.75 Å². The number of rotatable bonds is 3. The minimum Gasteiger partial charge on any atom is -0.497 e. The molecule has 0 N–H and O–H groups in total. The van der Waals surface area contributed by atoms with Gasteiger partial charge < -0.3 is 14.5 Å². The maximum Gasteiger partial charge on any atom is 0.254 e. The van der Waals surface area contributed by atoms with Crippen LogP contribution in [0, 0.1) is 0 Å². The van der Waals surface area contributed by atoms with Crippen LogP contribution in [-0.4, -0.2) is 58.3 Å². The number of hydrogen-bond donors (Lipinski definition) is 0. The predicted molar refractivity (Wildman–Crippen MR) is 108 cm³/mol. The Labute approximate surface area is 170 Å². The average Bonchev–Trinajstić information content (AvgIpc) is 2.78. The number of amides is 2. The van der Waals surface area contributed by atoms with Gasteiger partial charge in [-0.2, -0.15) is 0 Å². The summed E-state index contributed by atoms with van der Waals surface area (Å²) in [4.78, 5) is 37.5. The Morgan fingerprint density at radius 3 is 2.66 bits per heavy atom. The van der Waals surface area contributed by atoms with E-state index in [0.717, 1.165) is 49.4 Å². The van der Waals surface area contributed by atoms with Crippen molar-refractivity contribution in [1.29, 1.82) is 0 Å². The van der Waals surface area contributed by atoms with E-state index in [9.17, 15) is 9.59 Å². The van der Waals surface area contributed by atoms with E-state index in [2.05, 4.69) is 4.98 Å². The van der Waals surface area contributed by atoms with Crippen LogP contribution in [0.2, 0.25) is 0 Å². The summed E-state index contributed by atoms with van der Waals surface area (Å²) in [6.45, 7) is 4.32. The molecule has 1 saturated heterocycles. The number of likely N-dealkylation sites (tertiary alicyclic amines) is 1. The van der Waals surface area contributed by atoms with Gasteiger partial charge in [-0.05, 0) is 31.0 Å². The number of methoxy groups -OCH3 is 1. The molecule has 0 bridgehead atoms. The quantitative estimate of drug-likeness (QED) is 0.799. The number of carbonyl (C=O) groups is 2. The third-order valence-corrected chi connectivity index (χ3v) is 5.86.